The summed E-state index contributed by atoms with van der Waals surface area (Å²) in [6, 6.07) is 11.4. The maximum absolute atomic E-state index is 11.9. The summed E-state index contributed by atoms with van der Waals surface area (Å²) < 4.78 is 1.89. The fraction of sp³-hybridized carbons (Fsp3) is 0.143. The number of anilines is 3. The van der Waals surface area contributed by atoms with Gasteiger partial charge < -0.3 is 21.1 Å². The van der Waals surface area contributed by atoms with Gasteiger partial charge in [-0.2, -0.15) is 0 Å². The molecular weight excluding hydrogens is 384 g/mol. The van der Waals surface area contributed by atoms with Crippen molar-refractivity contribution in [2.75, 3.05) is 17.2 Å². The minimum atomic E-state index is -1.25. The number of nitrogens with one attached hydrogen (secondary N) is 3. The van der Waals surface area contributed by atoms with E-state index in [0.717, 1.165) is 33.4 Å². The molecule has 2 amide bonds. The van der Waals surface area contributed by atoms with Crippen LogP contribution in [-0.2, 0) is 4.79 Å². The first-order valence-electron chi connectivity index (χ1n) is 9.28. The van der Waals surface area contributed by atoms with E-state index in [1.165, 1.54) is 0 Å². The van der Waals surface area contributed by atoms with Crippen LogP contribution in [0.5, 0.6) is 0 Å². The number of aromatic nitrogens is 3. The number of hydrogen-bond donors (Lipinski definition) is 4. The van der Waals surface area contributed by atoms with E-state index in [2.05, 4.69) is 15.6 Å². The molecule has 4 aromatic rings. The molecule has 152 valence electrons. The molecule has 0 fully saturated rings. The van der Waals surface area contributed by atoms with Gasteiger partial charge in [0.25, 0.3) is 0 Å². The fourth-order valence-corrected chi connectivity index (χ4v) is 3.31. The topological polar surface area (TPSA) is 121 Å². The number of imidazole rings is 1. The number of nitrogens with zero attached hydrogens (tertiary/aromatic N) is 3. The van der Waals surface area contributed by atoms with E-state index in [9.17, 15) is 9.59 Å². The Balaban J connectivity index is 1.71. The molecule has 0 aliphatic rings. The predicted octanol–water partition coefficient (Wildman–Crippen LogP) is 3.45. The lowest BCUT2D eigenvalue weighted by Crippen LogP contribution is -2.31. The molecule has 9 nitrogen and oxygen atoms in total. The highest BCUT2D eigenvalue weighted by molar-refractivity contribution is 5.96. The molecule has 2 heterocycles. The summed E-state index contributed by atoms with van der Waals surface area (Å²) in [7, 11) is 0. The van der Waals surface area contributed by atoms with Gasteiger partial charge in [0.1, 0.15) is 12.1 Å². The molecule has 0 aliphatic carbocycles. The number of carbonyl (C=O) groups excluding carboxylic acids is 1. The molecular formula is C21H20N6O3. The third-order valence-corrected chi connectivity index (χ3v) is 4.76. The Labute approximate surface area is 171 Å². The minimum Gasteiger partial charge on any atom is -0.465 e. The Hall–Kier alpha value is -4.14. The van der Waals surface area contributed by atoms with Crippen molar-refractivity contribution in [3.05, 3.63) is 60.0 Å². The van der Waals surface area contributed by atoms with Gasteiger partial charge >= 0.3 is 6.09 Å². The number of hydrogen-bond acceptors (Lipinski definition) is 5. The fourth-order valence-electron chi connectivity index (χ4n) is 3.31. The quantitative estimate of drug-likeness (QED) is 0.404. The maximum Gasteiger partial charge on any atom is 0.405 e. The van der Waals surface area contributed by atoms with Crippen molar-refractivity contribution in [1.82, 2.24) is 19.7 Å². The van der Waals surface area contributed by atoms with Crippen LogP contribution in [0.15, 0.2) is 48.9 Å². The second-order valence-corrected chi connectivity index (χ2v) is 6.91. The zero-order valence-corrected chi connectivity index (χ0v) is 16.4. The van der Waals surface area contributed by atoms with Crippen molar-refractivity contribution >= 4 is 45.7 Å². The van der Waals surface area contributed by atoms with Gasteiger partial charge in [-0.05, 0) is 43.2 Å². The van der Waals surface area contributed by atoms with E-state index in [1.807, 2.05) is 41.8 Å². The Morgan fingerprint density at radius 2 is 1.87 bits per heavy atom. The van der Waals surface area contributed by atoms with Crippen LogP contribution in [0.4, 0.5) is 22.0 Å². The maximum atomic E-state index is 11.9. The number of carboxylic acid groups (broad SMARTS) is 1. The van der Waals surface area contributed by atoms with Crippen LogP contribution >= 0.6 is 0 Å². The van der Waals surface area contributed by atoms with E-state index in [0.29, 0.717) is 11.5 Å². The van der Waals surface area contributed by atoms with Crippen LogP contribution in [-0.4, -0.2) is 38.0 Å². The van der Waals surface area contributed by atoms with Gasteiger partial charge in [-0.25, -0.2) is 14.8 Å². The zero-order valence-electron chi connectivity index (χ0n) is 16.4. The first kappa shape index (κ1) is 19.2. The van der Waals surface area contributed by atoms with Crippen LogP contribution < -0.4 is 16.0 Å². The van der Waals surface area contributed by atoms with Crippen LogP contribution in [0.1, 0.15) is 11.1 Å². The van der Waals surface area contributed by atoms with Gasteiger partial charge in [-0.1, -0.05) is 18.2 Å². The van der Waals surface area contributed by atoms with Crippen molar-refractivity contribution in [3.63, 3.8) is 0 Å². The number of carbonyl (C=O) groups is 2. The third-order valence-electron chi connectivity index (χ3n) is 4.76. The number of para-hydroxylation sites is 1. The molecule has 0 radical (unpaired) electrons. The van der Waals surface area contributed by atoms with E-state index in [4.69, 9.17) is 10.1 Å². The highest BCUT2D eigenvalue weighted by atomic mass is 16.4. The summed E-state index contributed by atoms with van der Waals surface area (Å²) in [6.07, 6.45) is 2.16. The third kappa shape index (κ3) is 3.72. The average molecular weight is 404 g/mol. The summed E-state index contributed by atoms with van der Waals surface area (Å²) in [5.74, 6) is 0.222. The van der Waals surface area contributed by atoms with E-state index >= 15 is 0 Å². The highest BCUT2D eigenvalue weighted by Crippen LogP contribution is 2.29. The molecule has 30 heavy (non-hydrogen) atoms. The average Bonchev–Trinajstić information content (AvgIpc) is 3.20. The number of fused-ring (bicyclic) bond motifs is 3. The van der Waals surface area contributed by atoms with Crippen LogP contribution in [0.2, 0.25) is 0 Å². The number of rotatable bonds is 5. The largest absolute Gasteiger partial charge is 0.465 e. The van der Waals surface area contributed by atoms with Gasteiger partial charge in [0.05, 0.1) is 23.6 Å². The molecule has 4 N–H and O–H groups in total. The lowest BCUT2D eigenvalue weighted by molar-refractivity contribution is -0.115. The van der Waals surface area contributed by atoms with Gasteiger partial charge in [-0.3, -0.25) is 9.20 Å². The molecule has 0 atom stereocenters. The Bertz CT molecular complexity index is 1260. The van der Waals surface area contributed by atoms with Crippen LogP contribution in [0.3, 0.4) is 0 Å². The Kier molecular flexibility index (Phi) is 4.93. The Morgan fingerprint density at radius 3 is 2.60 bits per heavy atom. The second kappa shape index (κ2) is 7.70. The molecule has 0 spiro atoms. The first-order valence-corrected chi connectivity index (χ1v) is 9.28. The summed E-state index contributed by atoms with van der Waals surface area (Å²) in [5, 5.41) is 16.8. The molecule has 0 bridgehead atoms. The minimum absolute atomic E-state index is 0.329. The highest BCUT2D eigenvalue weighted by Gasteiger charge is 2.13. The van der Waals surface area contributed by atoms with Crippen molar-refractivity contribution in [3.8, 4) is 0 Å². The van der Waals surface area contributed by atoms with E-state index < -0.39 is 12.0 Å². The normalized spacial score (nSPS) is 10.9. The van der Waals surface area contributed by atoms with E-state index in [-0.39, 0.29) is 6.54 Å². The van der Waals surface area contributed by atoms with Gasteiger partial charge in [0.15, 0.2) is 5.82 Å². The number of benzene rings is 2. The monoisotopic (exact) mass is 404 g/mol. The number of amides is 2. The van der Waals surface area contributed by atoms with E-state index in [1.54, 1.807) is 30.7 Å². The van der Waals surface area contributed by atoms with Gasteiger partial charge in [0.2, 0.25) is 5.91 Å². The SMILES string of the molecule is Cc1cccc(C)c1Nc1nc2ccc(NC(=O)CNC(=O)O)cc2n2cncc12. The smallest absolute Gasteiger partial charge is 0.405 e. The summed E-state index contributed by atoms with van der Waals surface area (Å²) >= 11 is 0. The summed E-state index contributed by atoms with van der Waals surface area (Å²) in [6.45, 7) is 3.75. The Morgan fingerprint density at radius 1 is 1.10 bits per heavy atom. The van der Waals surface area contributed by atoms with Gasteiger partial charge in [-0.15, -0.1) is 0 Å². The molecule has 4 rings (SSSR count). The zero-order chi connectivity index (χ0) is 21.3. The van der Waals surface area contributed by atoms with Crippen molar-refractivity contribution in [2.24, 2.45) is 0 Å². The van der Waals surface area contributed by atoms with Crippen molar-refractivity contribution in [2.45, 2.75) is 13.8 Å². The van der Waals surface area contributed by atoms with Gasteiger partial charge in [0, 0.05) is 11.4 Å². The second-order valence-electron chi connectivity index (χ2n) is 6.91. The predicted molar refractivity (Wildman–Crippen MR) is 114 cm³/mol. The molecule has 9 heteroatoms. The lowest BCUT2D eigenvalue weighted by Gasteiger charge is -2.14. The molecule has 0 unspecified atom stereocenters. The molecule has 0 aliphatic heterocycles. The molecule has 0 saturated carbocycles. The first-order chi connectivity index (χ1) is 14.4. The van der Waals surface area contributed by atoms with Crippen LogP contribution in [0.25, 0.3) is 16.6 Å². The molecule has 0 saturated heterocycles. The van der Waals surface area contributed by atoms with Crippen molar-refractivity contribution in [1.29, 1.82) is 0 Å². The van der Waals surface area contributed by atoms with Crippen LogP contribution in [0, 0.1) is 13.8 Å². The summed E-state index contributed by atoms with van der Waals surface area (Å²) in [5.41, 5.74) is 6.04. The molecule has 2 aromatic heterocycles. The lowest BCUT2D eigenvalue weighted by atomic mass is 10.1. The number of aryl methyl sites for hydroxylation is 2. The molecule has 2 aromatic carbocycles. The standard InChI is InChI=1S/C21H20N6O3/c1-12-4-3-5-13(2)19(12)26-20-17-9-22-11-27(17)16-8-14(6-7-15(16)25-20)24-18(28)10-23-21(29)30/h3-9,11,23H,10H2,1-2H3,(H,24,28)(H,25,26)(H,29,30). The summed E-state index contributed by atoms with van der Waals surface area (Å²) in [4.78, 5) is 31.5. The van der Waals surface area contributed by atoms with Crippen molar-refractivity contribution < 1.29 is 14.7 Å².